The molecule has 1 aromatic carbocycles. The lowest BCUT2D eigenvalue weighted by molar-refractivity contribution is 0.0572. The van der Waals surface area contributed by atoms with E-state index in [4.69, 9.17) is 10.5 Å². The SMILES string of the molecule is COc1ccc(CN2CC(O)C(O)C2)cc1C#CCN. The van der Waals surface area contributed by atoms with Crippen LogP contribution in [0.25, 0.3) is 0 Å². The Labute approximate surface area is 119 Å². The molecule has 4 N–H and O–H groups in total. The first kappa shape index (κ1) is 14.8. The van der Waals surface area contributed by atoms with Gasteiger partial charge in [0.15, 0.2) is 0 Å². The molecule has 2 rings (SSSR count). The largest absolute Gasteiger partial charge is 0.495 e. The number of nitrogens with two attached hydrogens (primary N) is 1. The third-order valence-corrected chi connectivity index (χ3v) is 3.33. The third-order valence-electron chi connectivity index (χ3n) is 3.33. The Morgan fingerprint density at radius 3 is 2.65 bits per heavy atom. The Balaban J connectivity index is 2.13. The van der Waals surface area contributed by atoms with Crippen molar-refractivity contribution in [2.75, 3.05) is 26.7 Å². The van der Waals surface area contributed by atoms with Crippen LogP contribution >= 0.6 is 0 Å². The molecule has 0 amide bonds. The normalized spacial score (nSPS) is 22.4. The van der Waals surface area contributed by atoms with Crippen molar-refractivity contribution in [1.29, 1.82) is 0 Å². The van der Waals surface area contributed by atoms with Gasteiger partial charge in [-0.25, -0.2) is 0 Å². The molecule has 2 unspecified atom stereocenters. The fourth-order valence-corrected chi connectivity index (χ4v) is 2.33. The van der Waals surface area contributed by atoms with Gasteiger partial charge in [0.25, 0.3) is 0 Å². The van der Waals surface area contributed by atoms with Gasteiger partial charge in [-0.3, -0.25) is 4.90 Å². The quantitative estimate of drug-likeness (QED) is 0.651. The molecule has 0 spiro atoms. The standard InChI is InChI=1S/C15H20N2O3/c1-20-15-5-4-11(7-12(15)3-2-6-16)8-17-9-13(18)14(19)10-17/h4-5,7,13-14,18-19H,6,8-10,16H2,1H3. The molecule has 0 aliphatic carbocycles. The number of rotatable bonds is 3. The summed E-state index contributed by atoms with van der Waals surface area (Å²) in [5.74, 6) is 6.53. The molecule has 2 atom stereocenters. The summed E-state index contributed by atoms with van der Waals surface area (Å²) < 4.78 is 5.26. The maximum Gasteiger partial charge on any atom is 0.134 e. The molecule has 0 bridgehead atoms. The van der Waals surface area contributed by atoms with Gasteiger partial charge in [-0.15, -0.1) is 0 Å². The minimum Gasteiger partial charge on any atom is -0.495 e. The Kier molecular flexibility index (Phi) is 4.99. The van der Waals surface area contributed by atoms with Gasteiger partial charge in [0.1, 0.15) is 5.75 Å². The Hall–Kier alpha value is -1.58. The van der Waals surface area contributed by atoms with E-state index in [9.17, 15) is 10.2 Å². The number of likely N-dealkylation sites (tertiary alicyclic amines) is 1. The van der Waals surface area contributed by atoms with Crippen LogP contribution in [-0.4, -0.2) is 54.1 Å². The molecular formula is C15H20N2O3. The number of β-amino-alcohol motifs (C(OH)–C–C–N with tert-alkyl or cyclic N) is 2. The van der Waals surface area contributed by atoms with Gasteiger partial charge in [0.2, 0.25) is 0 Å². The van der Waals surface area contributed by atoms with Crippen LogP contribution in [0.4, 0.5) is 0 Å². The molecule has 1 fully saturated rings. The fourth-order valence-electron chi connectivity index (χ4n) is 2.33. The summed E-state index contributed by atoms with van der Waals surface area (Å²) in [7, 11) is 1.61. The highest BCUT2D eigenvalue weighted by Crippen LogP contribution is 2.21. The second kappa shape index (κ2) is 6.73. The maximum atomic E-state index is 9.55. The van der Waals surface area contributed by atoms with Gasteiger partial charge < -0.3 is 20.7 Å². The van der Waals surface area contributed by atoms with Gasteiger partial charge >= 0.3 is 0 Å². The molecule has 1 saturated heterocycles. The van der Waals surface area contributed by atoms with E-state index in [0.29, 0.717) is 26.2 Å². The summed E-state index contributed by atoms with van der Waals surface area (Å²) in [5, 5.41) is 19.1. The first-order valence-corrected chi connectivity index (χ1v) is 6.58. The summed E-state index contributed by atoms with van der Waals surface area (Å²) in [6.45, 7) is 1.93. The summed E-state index contributed by atoms with van der Waals surface area (Å²) >= 11 is 0. The lowest BCUT2D eigenvalue weighted by Gasteiger charge is -2.15. The number of benzene rings is 1. The summed E-state index contributed by atoms with van der Waals surface area (Å²) in [6, 6.07) is 5.79. The number of nitrogens with zero attached hydrogens (tertiary/aromatic N) is 1. The van der Waals surface area contributed by atoms with Crippen molar-refractivity contribution in [1.82, 2.24) is 4.90 Å². The van der Waals surface area contributed by atoms with Crippen LogP contribution in [0.5, 0.6) is 5.75 Å². The number of aliphatic hydroxyl groups is 2. The van der Waals surface area contributed by atoms with E-state index in [-0.39, 0.29) is 0 Å². The summed E-state index contributed by atoms with van der Waals surface area (Å²) in [5.41, 5.74) is 7.26. The molecule has 1 aliphatic rings. The van der Waals surface area contributed by atoms with Crippen LogP contribution in [0.15, 0.2) is 18.2 Å². The van der Waals surface area contributed by atoms with Gasteiger partial charge in [0.05, 0.1) is 31.4 Å². The Morgan fingerprint density at radius 1 is 1.35 bits per heavy atom. The molecule has 1 heterocycles. The lowest BCUT2D eigenvalue weighted by atomic mass is 10.1. The lowest BCUT2D eigenvalue weighted by Crippen LogP contribution is -2.22. The third kappa shape index (κ3) is 3.50. The summed E-state index contributed by atoms with van der Waals surface area (Å²) in [6.07, 6.45) is -1.32. The van der Waals surface area contributed by atoms with Gasteiger partial charge in [-0.2, -0.15) is 0 Å². The smallest absolute Gasteiger partial charge is 0.134 e. The van der Waals surface area contributed by atoms with Crippen LogP contribution in [0.2, 0.25) is 0 Å². The van der Waals surface area contributed by atoms with Crippen LogP contribution in [0.1, 0.15) is 11.1 Å². The van der Waals surface area contributed by atoms with Crippen molar-refractivity contribution in [2.45, 2.75) is 18.8 Å². The molecule has 1 aliphatic heterocycles. The van der Waals surface area contributed by atoms with Crippen LogP contribution < -0.4 is 10.5 Å². The van der Waals surface area contributed by atoms with Crippen molar-refractivity contribution in [2.24, 2.45) is 5.73 Å². The average molecular weight is 276 g/mol. The van der Waals surface area contributed by atoms with E-state index >= 15 is 0 Å². The maximum absolute atomic E-state index is 9.55. The molecule has 0 saturated carbocycles. The highest BCUT2D eigenvalue weighted by atomic mass is 16.5. The molecule has 0 aromatic heterocycles. The van der Waals surface area contributed by atoms with Crippen molar-refractivity contribution < 1.29 is 14.9 Å². The fraction of sp³-hybridized carbons (Fsp3) is 0.467. The zero-order chi connectivity index (χ0) is 14.5. The van der Waals surface area contributed by atoms with E-state index in [0.717, 1.165) is 16.9 Å². The minimum absolute atomic E-state index is 0.303. The molecule has 108 valence electrons. The van der Waals surface area contributed by atoms with E-state index in [1.54, 1.807) is 7.11 Å². The molecule has 5 heteroatoms. The van der Waals surface area contributed by atoms with E-state index in [1.807, 2.05) is 23.1 Å². The number of methoxy groups -OCH3 is 1. The first-order chi connectivity index (χ1) is 9.63. The zero-order valence-electron chi connectivity index (χ0n) is 11.5. The topological polar surface area (TPSA) is 79.0 Å². The van der Waals surface area contributed by atoms with Crippen LogP contribution in [0.3, 0.4) is 0 Å². The van der Waals surface area contributed by atoms with E-state index < -0.39 is 12.2 Å². The first-order valence-electron chi connectivity index (χ1n) is 6.58. The molecule has 20 heavy (non-hydrogen) atoms. The van der Waals surface area contributed by atoms with Gasteiger partial charge in [-0.05, 0) is 17.7 Å². The Morgan fingerprint density at radius 2 is 2.05 bits per heavy atom. The molecule has 5 nitrogen and oxygen atoms in total. The minimum atomic E-state index is -0.662. The second-order valence-electron chi connectivity index (χ2n) is 4.87. The van der Waals surface area contributed by atoms with Crippen molar-refractivity contribution in [3.05, 3.63) is 29.3 Å². The van der Waals surface area contributed by atoms with Crippen molar-refractivity contribution >= 4 is 0 Å². The second-order valence-corrected chi connectivity index (χ2v) is 4.87. The van der Waals surface area contributed by atoms with Gasteiger partial charge in [-0.1, -0.05) is 17.9 Å². The molecule has 1 aromatic rings. The number of hydrogen-bond acceptors (Lipinski definition) is 5. The molecule has 0 radical (unpaired) electrons. The predicted molar refractivity (Wildman–Crippen MR) is 76.2 cm³/mol. The summed E-state index contributed by atoms with van der Waals surface area (Å²) in [4.78, 5) is 2.01. The zero-order valence-corrected chi connectivity index (χ0v) is 11.5. The number of ether oxygens (including phenoxy) is 1. The predicted octanol–water partition coefficient (Wildman–Crippen LogP) is -0.457. The van der Waals surface area contributed by atoms with Crippen LogP contribution in [0, 0.1) is 11.8 Å². The number of aliphatic hydroxyl groups excluding tert-OH is 2. The molecular weight excluding hydrogens is 256 g/mol. The Bertz CT molecular complexity index is 512. The van der Waals surface area contributed by atoms with E-state index in [1.165, 1.54) is 0 Å². The van der Waals surface area contributed by atoms with Crippen molar-refractivity contribution in [3.8, 4) is 17.6 Å². The van der Waals surface area contributed by atoms with Gasteiger partial charge in [0, 0.05) is 19.6 Å². The highest BCUT2D eigenvalue weighted by Gasteiger charge is 2.29. The van der Waals surface area contributed by atoms with Crippen LogP contribution in [-0.2, 0) is 6.54 Å². The average Bonchev–Trinajstić information content (AvgIpc) is 2.75. The van der Waals surface area contributed by atoms with Crippen molar-refractivity contribution in [3.63, 3.8) is 0 Å². The highest BCUT2D eigenvalue weighted by molar-refractivity contribution is 5.48. The monoisotopic (exact) mass is 276 g/mol. The van der Waals surface area contributed by atoms with E-state index in [2.05, 4.69) is 11.8 Å². The number of hydrogen-bond donors (Lipinski definition) is 3.